The Kier molecular flexibility index (Phi) is 5.46. The van der Waals surface area contributed by atoms with Gasteiger partial charge in [0.2, 0.25) is 0 Å². The topological polar surface area (TPSA) is 64.7 Å². The molecule has 0 saturated carbocycles. The van der Waals surface area contributed by atoms with Gasteiger partial charge in [0.25, 0.3) is 9.12 Å². The van der Waals surface area contributed by atoms with Crippen LogP contribution in [-0.4, -0.2) is 58.5 Å². The highest BCUT2D eigenvalue weighted by molar-refractivity contribution is 6.63. The molecule has 86 valence electrons. The van der Waals surface area contributed by atoms with E-state index in [-0.39, 0.29) is 12.1 Å². The number of rotatable bonds is 3. The van der Waals surface area contributed by atoms with Gasteiger partial charge in [-0.25, -0.2) is 9.59 Å². The first kappa shape index (κ1) is 13.5. The average molecular weight is 230 g/mol. The Balaban J connectivity index is 4.68. The fourth-order valence-electron chi connectivity index (χ4n) is 1.17. The number of amides is 4. The molecule has 0 fully saturated rings. The Morgan fingerprint density at radius 2 is 1.47 bits per heavy atom. The molecule has 0 unspecified atom stereocenters. The van der Waals surface area contributed by atoms with Crippen LogP contribution < -0.4 is 10.6 Å². The van der Waals surface area contributed by atoms with Gasteiger partial charge in [0.05, 0.1) is 0 Å². The van der Waals surface area contributed by atoms with Crippen molar-refractivity contribution in [2.75, 3.05) is 28.2 Å². The summed E-state index contributed by atoms with van der Waals surface area (Å²) in [6.07, 6.45) is 0. The first-order valence-corrected chi connectivity index (χ1v) is 6.21. The van der Waals surface area contributed by atoms with Crippen LogP contribution in [0.25, 0.3) is 0 Å². The van der Waals surface area contributed by atoms with Crippen molar-refractivity contribution < 1.29 is 9.59 Å². The smallest absolute Gasteiger partial charge is 0.310 e. The van der Waals surface area contributed by atoms with Crippen molar-refractivity contribution >= 4 is 21.2 Å². The van der Waals surface area contributed by atoms with Gasteiger partial charge in [0.1, 0.15) is 0 Å². The molecule has 0 rings (SSSR count). The van der Waals surface area contributed by atoms with E-state index < -0.39 is 9.12 Å². The molecule has 0 aliphatic heterocycles. The van der Waals surface area contributed by atoms with E-state index >= 15 is 0 Å². The lowest BCUT2D eigenvalue weighted by Gasteiger charge is -2.31. The van der Waals surface area contributed by atoms with Gasteiger partial charge < -0.3 is 19.8 Å². The molecule has 0 aromatic heterocycles. The van der Waals surface area contributed by atoms with Gasteiger partial charge in [-0.2, -0.15) is 0 Å². The SMILES string of the molecule is C=C[SiH](N(C)C(=O)NC)N(C)C(=O)NC. The molecule has 0 saturated heterocycles. The van der Waals surface area contributed by atoms with Gasteiger partial charge in [-0.1, -0.05) is 5.70 Å². The van der Waals surface area contributed by atoms with E-state index in [4.69, 9.17) is 0 Å². The molecule has 6 nitrogen and oxygen atoms in total. The van der Waals surface area contributed by atoms with Crippen molar-refractivity contribution in [1.82, 2.24) is 19.8 Å². The van der Waals surface area contributed by atoms with E-state index in [0.29, 0.717) is 0 Å². The van der Waals surface area contributed by atoms with Gasteiger partial charge in [-0.05, 0) is 0 Å². The average Bonchev–Trinajstić information content (AvgIpc) is 2.27. The second-order valence-electron chi connectivity index (χ2n) is 2.98. The number of carbonyl (C=O) groups excluding carboxylic acids is 2. The highest BCUT2D eigenvalue weighted by atomic mass is 28.3. The van der Waals surface area contributed by atoms with E-state index in [0.717, 1.165) is 0 Å². The predicted molar refractivity (Wildman–Crippen MR) is 61.8 cm³/mol. The zero-order chi connectivity index (χ0) is 12.0. The Morgan fingerprint density at radius 1 is 1.13 bits per heavy atom. The molecule has 0 spiro atoms. The Morgan fingerprint density at radius 3 is 1.67 bits per heavy atom. The molecule has 0 heterocycles. The highest BCUT2D eigenvalue weighted by Crippen LogP contribution is 1.99. The number of hydrogen-bond acceptors (Lipinski definition) is 2. The van der Waals surface area contributed by atoms with Gasteiger partial charge in [-0.3, -0.25) is 0 Å². The van der Waals surface area contributed by atoms with E-state index in [1.165, 1.54) is 9.13 Å². The van der Waals surface area contributed by atoms with Crippen molar-refractivity contribution in [3.05, 3.63) is 12.3 Å². The van der Waals surface area contributed by atoms with Crippen LogP contribution in [0, 0.1) is 0 Å². The fourth-order valence-corrected chi connectivity index (χ4v) is 3.06. The minimum absolute atomic E-state index is 0.220. The molecular weight excluding hydrogens is 212 g/mol. The molecule has 0 atom stereocenters. The Labute approximate surface area is 91.7 Å². The van der Waals surface area contributed by atoms with Crippen LogP contribution >= 0.6 is 0 Å². The number of nitrogens with zero attached hydrogens (tertiary/aromatic N) is 2. The third kappa shape index (κ3) is 3.28. The summed E-state index contributed by atoms with van der Waals surface area (Å²) in [5, 5.41) is 5.01. The number of hydrogen-bond donors (Lipinski definition) is 2. The van der Waals surface area contributed by atoms with Gasteiger partial charge >= 0.3 is 12.1 Å². The van der Waals surface area contributed by atoms with E-state index in [2.05, 4.69) is 17.2 Å². The molecule has 15 heavy (non-hydrogen) atoms. The van der Waals surface area contributed by atoms with Crippen LogP contribution in [-0.2, 0) is 0 Å². The number of urea groups is 2. The second-order valence-corrected chi connectivity index (χ2v) is 5.83. The fraction of sp³-hybridized carbons (Fsp3) is 0.500. The maximum atomic E-state index is 11.4. The van der Waals surface area contributed by atoms with Crippen LogP contribution in [0.5, 0.6) is 0 Å². The summed E-state index contributed by atoms with van der Waals surface area (Å²) < 4.78 is 3.03. The summed E-state index contributed by atoms with van der Waals surface area (Å²) in [5.41, 5.74) is 1.66. The van der Waals surface area contributed by atoms with E-state index in [9.17, 15) is 9.59 Å². The lowest BCUT2D eigenvalue weighted by atomic mass is 10.9. The summed E-state index contributed by atoms with van der Waals surface area (Å²) in [6, 6.07) is -0.440. The maximum Gasteiger partial charge on any atom is 0.310 e. The quantitative estimate of drug-likeness (QED) is 0.640. The molecule has 0 aromatic carbocycles. The first-order valence-electron chi connectivity index (χ1n) is 4.51. The normalized spacial score (nSPS) is 9.40. The minimum atomic E-state index is -1.95. The molecule has 0 radical (unpaired) electrons. The Bertz CT molecular complexity index is 237. The van der Waals surface area contributed by atoms with Crippen LogP contribution in [0.1, 0.15) is 0 Å². The standard InChI is InChI=1S/C8H18N4O2Si/c1-6-15(11(4)7(13)9-2)12(5)8(14)10-3/h6,15H,1H2,2-5H3,(H,9,13)(H,10,14). The van der Waals surface area contributed by atoms with Gasteiger partial charge in [0, 0.05) is 28.2 Å². The summed E-state index contributed by atoms with van der Waals surface area (Å²) in [4.78, 5) is 22.7. The van der Waals surface area contributed by atoms with Crippen molar-refractivity contribution in [2.45, 2.75) is 0 Å². The minimum Gasteiger partial charge on any atom is -0.342 e. The monoisotopic (exact) mass is 230 g/mol. The lowest BCUT2D eigenvalue weighted by Crippen LogP contribution is -2.56. The molecule has 0 aliphatic carbocycles. The third-order valence-electron chi connectivity index (χ3n) is 2.07. The molecule has 0 aromatic rings. The first-order chi connectivity index (χ1) is 6.99. The van der Waals surface area contributed by atoms with Gasteiger partial charge in [-0.15, -0.1) is 6.58 Å². The predicted octanol–water partition coefficient (Wildman–Crippen LogP) is -0.525. The molecule has 2 N–H and O–H groups in total. The summed E-state index contributed by atoms with van der Waals surface area (Å²) >= 11 is 0. The molecule has 0 aliphatic rings. The van der Waals surface area contributed by atoms with E-state index in [1.807, 2.05) is 0 Å². The van der Waals surface area contributed by atoms with Crippen LogP contribution in [0.2, 0.25) is 0 Å². The van der Waals surface area contributed by atoms with E-state index in [1.54, 1.807) is 33.9 Å². The van der Waals surface area contributed by atoms with Crippen LogP contribution in [0.3, 0.4) is 0 Å². The summed E-state index contributed by atoms with van der Waals surface area (Å²) in [6.45, 7) is 3.65. The summed E-state index contributed by atoms with van der Waals surface area (Å²) in [5.74, 6) is 0. The zero-order valence-corrected chi connectivity index (χ0v) is 10.7. The largest absolute Gasteiger partial charge is 0.342 e. The van der Waals surface area contributed by atoms with Crippen molar-refractivity contribution in [3.8, 4) is 0 Å². The summed E-state index contributed by atoms with van der Waals surface area (Å²) in [7, 11) is 4.45. The van der Waals surface area contributed by atoms with Crippen molar-refractivity contribution in [2.24, 2.45) is 0 Å². The molecule has 4 amide bonds. The highest BCUT2D eigenvalue weighted by Gasteiger charge is 2.25. The molecule has 7 heteroatoms. The molecule has 0 bridgehead atoms. The van der Waals surface area contributed by atoms with Crippen molar-refractivity contribution in [1.29, 1.82) is 0 Å². The third-order valence-corrected chi connectivity index (χ3v) is 4.55. The lowest BCUT2D eigenvalue weighted by molar-refractivity contribution is 0.221. The van der Waals surface area contributed by atoms with Crippen LogP contribution in [0.4, 0.5) is 9.59 Å². The Hall–Kier alpha value is -1.50. The zero-order valence-electron chi connectivity index (χ0n) is 9.57. The second kappa shape index (κ2) is 6.07. The number of carbonyl (C=O) groups is 2. The molecular formula is C8H18N4O2Si. The van der Waals surface area contributed by atoms with Gasteiger partial charge in [0.15, 0.2) is 0 Å². The number of nitrogens with one attached hydrogen (secondary N) is 2. The van der Waals surface area contributed by atoms with Crippen LogP contribution in [0.15, 0.2) is 12.3 Å². The van der Waals surface area contributed by atoms with Crippen molar-refractivity contribution in [3.63, 3.8) is 0 Å². The maximum absolute atomic E-state index is 11.4.